The topological polar surface area (TPSA) is 85.8 Å². The van der Waals surface area contributed by atoms with E-state index in [2.05, 4.69) is 4.98 Å². The van der Waals surface area contributed by atoms with Gasteiger partial charge in [0.25, 0.3) is 10.0 Å². The number of carbonyl (C=O) groups is 1. The molecule has 0 saturated heterocycles. The minimum Gasteiger partial charge on any atom is -0.497 e. The Labute approximate surface area is 169 Å². The molecule has 0 radical (unpaired) electrons. The summed E-state index contributed by atoms with van der Waals surface area (Å²) >= 11 is 0. The SMILES string of the molecule is COc1ccc(S(=O)(=O)N(C(=O)OC(C)(C)C)c2cncc3ccccc23)cc1. The maximum Gasteiger partial charge on any atom is 0.429 e. The Kier molecular flexibility index (Phi) is 5.48. The van der Waals surface area contributed by atoms with Crippen molar-refractivity contribution in [3.8, 4) is 5.75 Å². The van der Waals surface area contributed by atoms with E-state index < -0.39 is 21.7 Å². The number of pyridine rings is 1. The standard InChI is InChI=1S/C21H22N2O5S/c1-21(2,3)28-20(24)23(19-14-22-13-15-7-5-6-8-18(15)19)29(25,26)17-11-9-16(27-4)10-12-17/h5-14H,1-4H3. The predicted octanol–water partition coefficient (Wildman–Crippen LogP) is 4.37. The number of rotatable bonds is 4. The molecule has 152 valence electrons. The zero-order valence-corrected chi connectivity index (χ0v) is 17.4. The van der Waals surface area contributed by atoms with Crippen molar-refractivity contribution in [1.82, 2.24) is 4.98 Å². The first-order chi connectivity index (χ1) is 13.6. The third kappa shape index (κ3) is 4.32. The van der Waals surface area contributed by atoms with Crippen molar-refractivity contribution >= 4 is 32.6 Å². The summed E-state index contributed by atoms with van der Waals surface area (Å²) in [4.78, 5) is 17.1. The second kappa shape index (κ2) is 7.71. The lowest BCUT2D eigenvalue weighted by Gasteiger charge is -2.27. The van der Waals surface area contributed by atoms with E-state index in [0.717, 1.165) is 0 Å². The molecule has 0 unspecified atom stereocenters. The highest BCUT2D eigenvalue weighted by Gasteiger charge is 2.36. The summed E-state index contributed by atoms with van der Waals surface area (Å²) in [6.07, 6.45) is 1.94. The van der Waals surface area contributed by atoms with Gasteiger partial charge in [0.05, 0.1) is 23.9 Å². The fourth-order valence-corrected chi connectivity index (χ4v) is 4.07. The highest BCUT2D eigenvalue weighted by molar-refractivity contribution is 7.93. The van der Waals surface area contributed by atoms with Crippen molar-refractivity contribution in [2.75, 3.05) is 11.4 Å². The molecular formula is C21H22N2O5S. The number of benzene rings is 2. The molecule has 3 rings (SSSR count). The molecular weight excluding hydrogens is 392 g/mol. The predicted molar refractivity (Wildman–Crippen MR) is 111 cm³/mol. The summed E-state index contributed by atoms with van der Waals surface area (Å²) in [6, 6.07) is 12.9. The zero-order chi connectivity index (χ0) is 21.2. The lowest BCUT2D eigenvalue weighted by atomic mass is 10.1. The van der Waals surface area contributed by atoms with Crippen LogP contribution in [0.5, 0.6) is 5.75 Å². The molecule has 1 heterocycles. The second-order valence-corrected chi connectivity index (χ2v) is 9.09. The van der Waals surface area contributed by atoms with Crippen LogP contribution in [0.3, 0.4) is 0 Å². The number of amides is 1. The molecule has 0 fully saturated rings. The lowest BCUT2D eigenvalue weighted by molar-refractivity contribution is 0.0609. The van der Waals surface area contributed by atoms with Crippen LogP contribution < -0.4 is 9.04 Å². The van der Waals surface area contributed by atoms with Crippen LogP contribution in [-0.2, 0) is 14.8 Å². The van der Waals surface area contributed by atoms with Crippen molar-refractivity contribution in [3.63, 3.8) is 0 Å². The fourth-order valence-electron chi connectivity index (χ4n) is 2.74. The van der Waals surface area contributed by atoms with Crippen LogP contribution in [0.1, 0.15) is 20.8 Å². The molecule has 0 aliphatic rings. The zero-order valence-electron chi connectivity index (χ0n) is 16.6. The maximum absolute atomic E-state index is 13.5. The van der Waals surface area contributed by atoms with Gasteiger partial charge in [0.1, 0.15) is 11.4 Å². The fraction of sp³-hybridized carbons (Fsp3) is 0.238. The van der Waals surface area contributed by atoms with Crippen LogP contribution in [-0.4, -0.2) is 32.2 Å². The number of hydrogen-bond acceptors (Lipinski definition) is 6. The number of carbonyl (C=O) groups excluding carboxylic acids is 1. The van der Waals surface area contributed by atoms with Gasteiger partial charge in [-0.05, 0) is 45.0 Å². The normalized spacial score (nSPS) is 11.9. The van der Waals surface area contributed by atoms with Crippen LogP contribution in [0.25, 0.3) is 10.8 Å². The first kappa shape index (κ1) is 20.6. The van der Waals surface area contributed by atoms with Gasteiger partial charge in [-0.3, -0.25) is 4.98 Å². The van der Waals surface area contributed by atoms with E-state index >= 15 is 0 Å². The summed E-state index contributed by atoms with van der Waals surface area (Å²) < 4.78 is 38.1. The first-order valence-electron chi connectivity index (χ1n) is 8.88. The van der Waals surface area contributed by atoms with Gasteiger partial charge in [-0.1, -0.05) is 24.3 Å². The average Bonchev–Trinajstić information content (AvgIpc) is 2.67. The maximum atomic E-state index is 13.5. The van der Waals surface area contributed by atoms with Crippen molar-refractivity contribution in [3.05, 3.63) is 60.9 Å². The molecule has 0 spiro atoms. The third-order valence-electron chi connectivity index (χ3n) is 4.02. The number of anilines is 1. The van der Waals surface area contributed by atoms with E-state index in [1.807, 2.05) is 6.07 Å². The van der Waals surface area contributed by atoms with E-state index in [-0.39, 0.29) is 10.6 Å². The number of ether oxygens (including phenoxy) is 2. The molecule has 1 aromatic heterocycles. The third-order valence-corrected chi connectivity index (χ3v) is 5.72. The Morgan fingerprint density at radius 3 is 2.28 bits per heavy atom. The molecule has 0 N–H and O–H groups in total. The Balaban J connectivity index is 2.21. The van der Waals surface area contributed by atoms with E-state index in [1.54, 1.807) is 45.2 Å². The molecule has 0 bridgehead atoms. The van der Waals surface area contributed by atoms with Crippen molar-refractivity contribution in [2.24, 2.45) is 0 Å². The summed E-state index contributed by atoms with van der Waals surface area (Å²) in [5.41, 5.74) is -0.767. The molecule has 7 nitrogen and oxygen atoms in total. The molecule has 0 saturated carbocycles. The largest absolute Gasteiger partial charge is 0.497 e. The van der Waals surface area contributed by atoms with Gasteiger partial charge < -0.3 is 9.47 Å². The van der Waals surface area contributed by atoms with Crippen molar-refractivity contribution in [2.45, 2.75) is 31.3 Å². The van der Waals surface area contributed by atoms with E-state index in [4.69, 9.17) is 9.47 Å². The van der Waals surface area contributed by atoms with Gasteiger partial charge in [-0.25, -0.2) is 13.2 Å². The Morgan fingerprint density at radius 1 is 1.00 bits per heavy atom. The summed E-state index contributed by atoms with van der Waals surface area (Å²) in [7, 11) is -2.79. The molecule has 29 heavy (non-hydrogen) atoms. The number of nitrogens with zero attached hydrogens (tertiary/aromatic N) is 2. The van der Waals surface area contributed by atoms with Crippen molar-refractivity contribution in [1.29, 1.82) is 0 Å². The quantitative estimate of drug-likeness (QED) is 0.630. The van der Waals surface area contributed by atoms with Crippen molar-refractivity contribution < 1.29 is 22.7 Å². The summed E-state index contributed by atoms with van der Waals surface area (Å²) in [6.45, 7) is 5.01. The highest BCUT2D eigenvalue weighted by Crippen LogP contribution is 2.32. The van der Waals surface area contributed by atoms with Crippen LogP contribution in [0.4, 0.5) is 10.5 Å². The molecule has 1 amide bonds. The first-order valence-corrected chi connectivity index (χ1v) is 10.3. The van der Waals surface area contributed by atoms with Crippen LogP contribution >= 0.6 is 0 Å². The van der Waals surface area contributed by atoms with E-state index in [1.165, 1.54) is 37.6 Å². The lowest BCUT2D eigenvalue weighted by Crippen LogP contribution is -2.41. The molecule has 2 aromatic carbocycles. The van der Waals surface area contributed by atoms with E-state index in [9.17, 15) is 13.2 Å². The molecule has 3 aromatic rings. The van der Waals surface area contributed by atoms with Gasteiger partial charge in [0.2, 0.25) is 0 Å². The number of methoxy groups -OCH3 is 1. The minimum absolute atomic E-state index is 0.0721. The van der Waals surface area contributed by atoms with Gasteiger partial charge >= 0.3 is 6.09 Å². The number of fused-ring (bicyclic) bond motifs is 1. The molecule has 0 aliphatic carbocycles. The number of hydrogen-bond donors (Lipinski definition) is 0. The second-order valence-electron chi connectivity index (χ2n) is 7.31. The number of aromatic nitrogens is 1. The van der Waals surface area contributed by atoms with Crippen LogP contribution in [0.2, 0.25) is 0 Å². The van der Waals surface area contributed by atoms with Gasteiger partial charge in [-0.15, -0.1) is 0 Å². The van der Waals surface area contributed by atoms with Gasteiger partial charge in [-0.2, -0.15) is 4.31 Å². The summed E-state index contributed by atoms with van der Waals surface area (Å²) in [5, 5.41) is 1.26. The molecule has 8 heteroatoms. The Bertz CT molecular complexity index is 1130. The smallest absolute Gasteiger partial charge is 0.429 e. The summed E-state index contributed by atoms with van der Waals surface area (Å²) in [5.74, 6) is 0.500. The van der Waals surface area contributed by atoms with Gasteiger partial charge in [0.15, 0.2) is 0 Å². The average molecular weight is 414 g/mol. The van der Waals surface area contributed by atoms with E-state index in [0.29, 0.717) is 20.8 Å². The number of sulfonamides is 1. The molecule has 0 atom stereocenters. The molecule has 0 aliphatic heterocycles. The minimum atomic E-state index is -4.28. The highest BCUT2D eigenvalue weighted by atomic mass is 32.2. The van der Waals surface area contributed by atoms with Crippen LogP contribution in [0, 0.1) is 0 Å². The Hall–Kier alpha value is -3.13. The monoisotopic (exact) mass is 414 g/mol. The van der Waals surface area contributed by atoms with Crippen LogP contribution in [0.15, 0.2) is 65.8 Å². The van der Waals surface area contributed by atoms with Gasteiger partial charge in [0, 0.05) is 17.0 Å². The Morgan fingerprint density at radius 2 is 1.66 bits per heavy atom.